The van der Waals surface area contributed by atoms with Crippen LogP contribution in [0.5, 0.6) is 5.75 Å². The number of likely N-dealkylation sites (tertiary alicyclic amines) is 1. The van der Waals surface area contributed by atoms with Gasteiger partial charge in [-0.3, -0.25) is 0 Å². The minimum absolute atomic E-state index is 0.0819. The van der Waals surface area contributed by atoms with Crippen molar-refractivity contribution in [1.29, 1.82) is 0 Å². The molecule has 1 saturated carbocycles. The molecule has 0 bridgehead atoms. The zero-order valence-corrected chi connectivity index (χ0v) is 21.7. The normalized spacial score (nSPS) is 17.9. The van der Waals surface area contributed by atoms with Gasteiger partial charge in [-0.1, -0.05) is 5.92 Å². The van der Waals surface area contributed by atoms with Crippen molar-refractivity contribution in [2.45, 2.75) is 70.9 Å². The van der Waals surface area contributed by atoms with E-state index in [0.29, 0.717) is 37.2 Å². The lowest BCUT2D eigenvalue weighted by molar-refractivity contribution is 0.0205. The van der Waals surface area contributed by atoms with Gasteiger partial charge in [-0.25, -0.2) is 4.79 Å². The Bertz CT molecular complexity index is 1120. The van der Waals surface area contributed by atoms with Gasteiger partial charge in [-0.05, 0) is 89.1 Å². The van der Waals surface area contributed by atoms with Gasteiger partial charge in [-0.2, -0.15) is 0 Å². The Labute approximate surface area is 213 Å². The second-order valence-electron chi connectivity index (χ2n) is 10.3. The molecule has 1 N–H and O–H groups in total. The van der Waals surface area contributed by atoms with E-state index in [-0.39, 0.29) is 18.9 Å². The number of aromatic nitrogens is 2. The van der Waals surface area contributed by atoms with Crippen LogP contribution in [-0.4, -0.2) is 59.3 Å². The fraction of sp³-hybridized carbons (Fsp3) is 0.536. The molecule has 2 heterocycles. The number of anilines is 1. The standard InChI is InChI=1S/C28H36N4O4/c1-6-19-10-13-22(24(15-19)35-18-34-7-2)26-23(20-11-12-20)16-25(30-31-26)29-21-9-8-14-32(17-21)27(33)36-28(3,4)5/h1,10,13,15-16,20-21H,7-9,11-12,14,17-18H2,2-5H3,(H,29,30). The summed E-state index contributed by atoms with van der Waals surface area (Å²) < 4.78 is 16.9. The molecular formula is C28H36N4O4. The van der Waals surface area contributed by atoms with Crippen molar-refractivity contribution in [1.82, 2.24) is 15.1 Å². The Hall–Kier alpha value is -3.31. The lowest BCUT2D eigenvalue weighted by Crippen LogP contribution is -2.47. The number of carbonyl (C=O) groups is 1. The molecule has 8 nitrogen and oxygen atoms in total. The zero-order chi connectivity index (χ0) is 25.7. The quantitative estimate of drug-likeness (QED) is 0.308. The van der Waals surface area contributed by atoms with Crippen LogP contribution in [0.1, 0.15) is 70.4 Å². The number of nitrogens with zero attached hydrogens (tertiary/aromatic N) is 3. The summed E-state index contributed by atoms with van der Waals surface area (Å²) >= 11 is 0. The van der Waals surface area contributed by atoms with Crippen LogP contribution in [0.3, 0.4) is 0 Å². The van der Waals surface area contributed by atoms with Gasteiger partial charge in [0.25, 0.3) is 0 Å². The lowest BCUT2D eigenvalue weighted by Gasteiger charge is -2.34. The molecular weight excluding hydrogens is 456 g/mol. The number of hydrogen-bond donors (Lipinski definition) is 1. The van der Waals surface area contributed by atoms with Crippen molar-refractivity contribution in [2.24, 2.45) is 0 Å². The number of carbonyl (C=O) groups excluding carboxylic acids is 1. The van der Waals surface area contributed by atoms with Crippen LogP contribution in [0.4, 0.5) is 10.6 Å². The van der Waals surface area contributed by atoms with Gasteiger partial charge in [0.05, 0.1) is 0 Å². The van der Waals surface area contributed by atoms with Crippen molar-refractivity contribution in [3.63, 3.8) is 0 Å². The smallest absolute Gasteiger partial charge is 0.410 e. The molecule has 36 heavy (non-hydrogen) atoms. The summed E-state index contributed by atoms with van der Waals surface area (Å²) in [6.45, 7) is 9.54. The second-order valence-corrected chi connectivity index (χ2v) is 10.3. The molecule has 0 spiro atoms. The largest absolute Gasteiger partial charge is 0.467 e. The molecule has 1 atom stereocenters. The number of piperidine rings is 1. The number of ether oxygens (including phenoxy) is 3. The molecule has 1 aromatic heterocycles. The van der Waals surface area contributed by atoms with E-state index < -0.39 is 5.60 Å². The van der Waals surface area contributed by atoms with Crippen molar-refractivity contribution in [3.8, 4) is 29.4 Å². The molecule has 1 unspecified atom stereocenters. The van der Waals surface area contributed by atoms with Crippen molar-refractivity contribution >= 4 is 11.9 Å². The maximum absolute atomic E-state index is 12.6. The Kier molecular flexibility index (Phi) is 8.00. The molecule has 0 radical (unpaired) electrons. The average molecular weight is 493 g/mol. The summed E-state index contributed by atoms with van der Waals surface area (Å²) in [5.74, 6) is 4.45. The van der Waals surface area contributed by atoms with Gasteiger partial charge < -0.3 is 24.4 Å². The average Bonchev–Trinajstić information content (AvgIpc) is 3.69. The number of rotatable bonds is 8. The molecule has 192 valence electrons. The SMILES string of the molecule is C#Cc1ccc(-c2nnc(NC3CCCN(C(=O)OC(C)(C)C)C3)cc2C2CC2)c(OCOCC)c1. The van der Waals surface area contributed by atoms with Crippen molar-refractivity contribution in [3.05, 3.63) is 35.4 Å². The maximum atomic E-state index is 12.6. The molecule has 1 aliphatic heterocycles. The van der Waals surface area contributed by atoms with E-state index in [2.05, 4.69) is 27.5 Å². The third-order valence-electron chi connectivity index (χ3n) is 6.17. The number of benzene rings is 1. The molecule has 2 fully saturated rings. The first-order valence-electron chi connectivity index (χ1n) is 12.7. The van der Waals surface area contributed by atoms with Crippen LogP contribution >= 0.6 is 0 Å². The first kappa shape index (κ1) is 25.8. The van der Waals surface area contributed by atoms with Crippen LogP contribution in [-0.2, 0) is 9.47 Å². The Morgan fingerprint density at radius 3 is 2.72 bits per heavy atom. The van der Waals surface area contributed by atoms with Gasteiger partial charge in [-0.15, -0.1) is 16.6 Å². The maximum Gasteiger partial charge on any atom is 0.410 e. The third-order valence-corrected chi connectivity index (χ3v) is 6.17. The zero-order valence-electron chi connectivity index (χ0n) is 21.7. The van der Waals surface area contributed by atoms with Crippen LogP contribution in [0, 0.1) is 12.3 Å². The lowest BCUT2D eigenvalue weighted by atomic mass is 10.0. The van der Waals surface area contributed by atoms with Gasteiger partial charge in [0.2, 0.25) is 0 Å². The minimum Gasteiger partial charge on any atom is -0.467 e. The minimum atomic E-state index is -0.512. The predicted octanol–water partition coefficient (Wildman–Crippen LogP) is 5.19. The highest BCUT2D eigenvalue weighted by molar-refractivity contribution is 5.73. The Balaban J connectivity index is 1.54. The highest BCUT2D eigenvalue weighted by Crippen LogP contribution is 2.46. The topological polar surface area (TPSA) is 85.8 Å². The van der Waals surface area contributed by atoms with Crippen molar-refractivity contribution in [2.75, 3.05) is 31.8 Å². The summed E-state index contributed by atoms with van der Waals surface area (Å²) in [6.07, 6.45) is 9.42. The van der Waals surface area contributed by atoms with Gasteiger partial charge in [0.15, 0.2) is 6.79 Å². The van der Waals surface area contributed by atoms with E-state index in [0.717, 1.165) is 48.1 Å². The Morgan fingerprint density at radius 1 is 1.22 bits per heavy atom. The molecule has 4 rings (SSSR count). The summed E-state index contributed by atoms with van der Waals surface area (Å²) in [5, 5.41) is 12.6. The first-order valence-corrected chi connectivity index (χ1v) is 12.7. The van der Waals surface area contributed by atoms with Crippen LogP contribution in [0.2, 0.25) is 0 Å². The highest BCUT2D eigenvalue weighted by atomic mass is 16.7. The fourth-order valence-electron chi connectivity index (χ4n) is 4.30. The first-order chi connectivity index (χ1) is 17.3. The van der Waals surface area contributed by atoms with E-state index >= 15 is 0 Å². The molecule has 1 aromatic carbocycles. The molecule has 1 amide bonds. The van der Waals surface area contributed by atoms with Crippen molar-refractivity contribution < 1.29 is 19.0 Å². The van der Waals surface area contributed by atoms with Gasteiger partial charge in [0.1, 0.15) is 22.9 Å². The molecule has 2 aromatic rings. The number of nitrogens with one attached hydrogen (secondary N) is 1. The second kappa shape index (κ2) is 11.2. The predicted molar refractivity (Wildman–Crippen MR) is 139 cm³/mol. The highest BCUT2D eigenvalue weighted by Gasteiger charge is 2.31. The monoisotopic (exact) mass is 492 g/mol. The molecule has 1 saturated heterocycles. The third kappa shape index (κ3) is 6.67. The fourth-order valence-corrected chi connectivity index (χ4v) is 4.30. The number of terminal acetylenes is 1. The van der Waals surface area contributed by atoms with E-state index in [4.69, 9.17) is 20.6 Å². The van der Waals surface area contributed by atoms with Crippen LogP contribution in [0.15, 0.2) is 24.3 Å². The number of hydrogen-bond acceptors (Lipinski definition) is 7. The molecule has 8 heteroatoms. The summed E-state index contributed by atoms with van der Waals surface area (Å²) in [7, 11) is 0. The molecule has 1 aliphatic carbocycles. The summed E-state index contributed by atoms with van der Waals surface area (Å²) in [4.78, 5) is 14.3. The van der Waals surface area contributed by atoms with E-state index in [1.54, 1.807) is 4.90 Å². The van der Waals surface area contributed by atoms with Crippen LogP contribution in [0.25, 0.3) is 11.3 Å². The number of amides is 1. The Morgan fingerprint density at radius 2 is 2.03 bits per heavy atom. The van der Waals surface area contributed by atoms with Gasteiger partial charge >= 0.3 is 6.09 Å². The van der Waals surface area contributed by atoms with E-state index in [9.17, 15) is 4.79 Å². The summed E-state index contributed by atoms with van der Waals surface area (Å²) in [6, 6.07) is 7.85. The van der Waals surface area contributed by atoms with Crippen LogP contribution < -0.4 is 10.1 Å². The van der Waals surface area contributed by atoms with E-state index in [1.165, 1.54) is 0 Å². The molecule has 2 aliphatic rings. The van der Waals surface area contributed by atoms with Gasteiger partial charge in [0, 0.05) is 36.9 Å². The summed E-state index contributed by atoms with van der Waals surface area (Å²) in [5.41, 5.74) is 3.01. The van der Waals surface area contributed by atoms with E-state index in [1.807, 2.05) is 45.9 Å².